The van der Waals surface area contributed by atoms with E-state index in [4.69, 9.17) is 9.88 Å². The fourth-order valence-corrected chi connectivity index (χ4v) is 2.41. The summed E-state index contributed by atoms with van der Waals surface area (Å²) in [5.41, 5.74) is 1.03. The highest BCUT2D eigenvalue weighted by atomic mass is 32.2. The van der Waals surface area contributed by atoms with Crippen molar-refractivity contribution in [3.8, 4) is 0 Å². The Morgan fingerprint density at radius 3 is 2.43 bits per heavy atom. The second kappa shape index (κ2) is 8.45. The van der Waals surface area contributed by atoms with Gasteiger partial charge >= 0.3 is 0 Å². The van der Waals surface area contributed by atoms with E-state index in [-0.39, 0.29) is 10.9 Å². The van der Waals surface area contributed by atoms with E-state index in [0.717, 1.165) is 31.8 Å². The van der Waals surface area contributed by atoms with Gasteiger partial charge in [-0.2, -0.15) is 0 Å². The van der Waals surface area contributed by atoms with E-state index in [0.29, 0.717) is 0 Å². The third-order valence-corrected chi connectivity index (χ3v) is 4.26. The van der Waals surface area contributed by atoms with Crippen LogP contribution in [0.2, 0.25) is 0 Å². The molecule has 0 aliphatic heterocycles. The van der Waals surface area contributed by atoms with E-state index in [1.54, 1.807) is 19.2 Å². The molecule has 3 N–H and O–H groups in total. The molecule has 0 spiro atoms. The number of benzene rings is 1. The lowest BCUT2D eigenvalue weighted by molar-refractivity contribution is 0.161. The molecule has 1 aromatic carbocycles. The van der Waals surface area contributed by atoms with Crippen LogP contribution in [-0.4, -0.2) is 53.7 Å². The summed E-state index contributed by atoms with van der Waals surface area (Å²) in [4.78, 5) is 2.32. The number of primary sulfonamides is 1. The first-order chi connectivity index (χ1) is 9.84. The molecule has 0 saturated heterocycles. The number of hydrogen-bond acceptors (Lipinski definition) is 5. The van der Waals surface area contributed by atoms with Crippen LogP contribution in [0.5, 0.6) is 0 Å². The van der Waals surface area contributed by atoms with Crippen molar-refractivity contribution in [3.63, 3.8) is 0 Å². The molecule has 1 atom stereocenters. The van der Waals surface area contributed by atoms with Crippen LogP contribution in [-0.2, 0) is 14.8 Å². The predicted octanol–water partition coefficient (Wildman–Crippen LogP) is 0.563. The molecule has 0 bridgehead atoms. The van der Waals surface area contributed by atoms with Crippen LogP contribution in [0.15, 0.2) is 29.2 Å². The van der Waals surface area contributed by atoms with Gasteiger partial charge in [0.15, 0.2) is 0 Å². The Balaban J connectivity index is 2.44. The number of methoxy groups -OCH3 is 1. The molecule has 6 nitrogen and oxygen atoms in total. The Hall–Kier alpha value is -0.990. The van der Waals surface area contributed by atoms with Crippen LogP contribution in [0.1, 0.15) is 18.5 Å². The van der Waals surface area contributed by atoms with Gasteiger partial charge in [0.2, 0.25) is 10.0 Å². The first kappa shape index (κ1) is 18.1. The van der Waals surface area contributed by atoms with Gasteiger partial charge in [-0.15, -0.1) is 0 Å². The number of nitrogens with zero attached hydrogens (tertiary/aromatic N) is 1. The molecule has 0 aromatic heterocycles. The third kappa shape index (κ3) is 6.54. The van der Waals surface area contributed by atoms with Gasteiger partial charge in [-0.3, -0.25) is 0 Å². The van der Waals surface area contributed by atoms with E-state index in [9.17, 15) is 8.42 Å². The van der Waals surface area contributed by atoms with E-state index in [1.165, 1.54) is 12.1 Å². The van der Waals surface area contributed by atoms with Gasteiger partial charge in [-0.1, -0.05) is 12.1 Å². The Bertz CT molecular complexity index is 517. The summed E-state index contributed by atoms with van der Waals surface area (Å²) < 4.78 is 27.4. The molecule has 0 saturated carbocycles. The van der Waals surface area contributed by atoms with Crippen LogP contribution in [0, 0.1) is 0 Å². The number of ether oxygens (including phenoxy) is 1. The normalized spacial score (nSPS) is 13.6. The molecule has 120 valence electrons. The summed E-state index contributed by atoms with van der Waals surface area (Å²) in [6, 6.07) is 6.79. The lowest BCUT2D eigenvalue weighted by Crippen LogP contribution is -2.32. The van der Waals surface area contributed by atoms with Crippen LogP contribution < -0.4 is 10.5 Å². The van der Waals surface area contributed by atoms with Crippen molar-refractivity contribution in [2.24, 2.45) is 5.14 Å². The van der Waals surface area contributed by atoms with Crippen molar-refractivity contribution in [2.45, 2.75) is 17.9 Å². The third-order valence-electron chi connectivity index (χ3n) is 3.33. The molecule has 0 heterocycles. The Morgan fingerprint density at radius 2 is 1.90 bits per heavy atom. The Labute approximate surface area is 127 Å². The SMILES string of the molecule is COCCN(C)CCNC(C)c1ccc(S(N)(=O)=O)cc1. The number of likely N-dealkylation sites (N-methyl/N-ethyl adjacent to an activating group) is 1. The maximum atomic E-state index is 11.2. The molecular formula is C14H25N3O3S. The smallest absolute Gasteiger partial charge is 0.238 e. The maximum absolute atomic E-state index is 11.2. The van der Waals surface area contributed by atoms with E-state index < -0.39 is 10.0 Å². The highest BCUT2D eigenvalue weighted by Crippen LogP contribution is 2.15. The molecule has 0 fully saturated rings. The van der Waals surface area contributed by atoms with Crippen molar-refractivity contribution in [2.75, 3.05) is 40.4 Å². The summed E-state index contributed by atoms with van der Waals surface area (Å²) in [6.07, 6.45) is 0. The fourth-order valence-electron chi connectivity index (χ4n) is 1.89. The standard InChI is InChI=1S/C14H25N3O3S/c1-12(16-8-9-17(2)10-11-20-3)13-4-6-14(7-5-13)21(15,18)19/h4-7,12,16H,8-11H2,1-3H3,(H2,15,18,19). The van der Waals surface area contributed by atoms with Gasteiger partial charge in [0, 0.05) is 32.8 Å². The van der Waals surface area contributed by atoms with Gasteiger partial charge in [0.1, 0.15) is 0 Å². The van der Waals surface area contributed by atoms with Gasteiger partial charge < -0.3 is 15.0 Å². The minimum absolute atomic E-state index is 0.137. The monoisotopic (exact) mass is 315 g/mol. The second-order valence-electron chi connectivity index (χ2n) is 5.09. The van der Waals surface area contributed by atoms with Gasteiger partial charge in [0.25, 0.3) is 0 Å². The molecule has 1 rings (SSSR count). The van der Waals surface area contributed by atoms with Crippen LogP contribution >= 0.6 is 0 Å². The lowest BCUT2D eigenvalue weighted by Gasteiger charge is -2.19. The fraction of sp³-hybridized carbons (Fsp3) is 0.571. The summed E-state index contributed by atoms with van der Waals surface area (Å²) in [6.45, 7) is 5.43. The molecule has 1 unspecified atom stereocenters. The first-order valence-corrected chi connectivity index (χ1v) is 8.43. The topological polar surface area (TPSA) is 84.7 Å². The summed E-state index contributed by atoms with van der Waals surface area (Å²) in [5.74, 6) is 0. The Kier molecular flexibility index (Phi) is 7.27. The van der Waals surface area contributed by atoms with Crippen molar-refractivity contribution < 1.29 is 13.2 Å². The molecular weight excluding hydrogens is 290 g/mol. The predicted molar refractivity (Wildman–Crippen MR) is 83.6 cm³/mol. The lowest BCUT2D eigenvalue weighted by atomic mass is 10.1. The van der Waals surface area contributed by atoms with Gasteiger partial charge in [-0.25, -0.2) is 13.6 Å². The number of hydrogen-bond donors (Lipinski definition) is 2. The zero-order chi connectivity index (χ0) is 15.9. The van der Waals surface area contributed by atoms with Gasteiger partial charge in [-0.05, 0) is 31.7 Å². The molecule has 0 amide bonds. The molecule has 1 aromatic rings. The average Bonchev–Trinajstić information content (AvgIpc) is 2.44. The van der Waals surface area contributed by atoms with E-state index in [2.05, 4.69) is 10.2 Å². The zero-order valence-electron chi connectivity index (χ0n) is 12.9. The number of nitrogens with one attached hydrogen (secondary N) is 1. The number of nitrogens with two attached hydrogens (primary N) is 1. The summed E-state index contributed by atoms with van der Waals surface area (Å²) >= 11 is 0. The average molecular weight is 315 g/mol. The first-order valence-electron chi connectivity index (χ1n) is 6.88. The largest absolute Gasteiger partial charge is 0.383 e. The van der Waals surface area contributed by atoms with Gasteiger partial charge in [0.05, 0.1) is 11.5 Å². The summed E-state index contributed by atoms with van der Waals surface area (Å²) in [5, 5.41) is 8.48. The van der Waals surface area contributed by atoms with Crippen molar-refractivity contribution in [1.82, 2.24) is 10.2 Å². The molecule has 7 heteroatoms. The van der Waals surface area contributed by atoms with Crippen LogP contribution in [0.3, 0.4) is 0 Å². The maximum Gasteiger partial charge on any atom is 0.238 e. The van der Waals surface area contributed by atoms with E-state index in [1.807, 2.05) is 14.0 Å². The second-order valence-corrected chi connectivity index (χ2v) is 6.65. The van der Waals surface area contributed by atoms with Crippen molar-refractivity contribution in [3.05, 3.63) is 29.8 Å². The quantitative estimate of drug-likeness (QED) is 0.696. The highest BCUT2D eigenvalue weighted by Gasteiger charge is 2.09. The molecule has 0 radical (unpaired) electrons. The molecule has 0 aliphatic rings. The Morgan fingerprint density at radius 1 is 1.29 bits per heavy atom. The molecule has 21 heavy (non-hydrogen) atoms. The highest BCUT2D eigenvalue weighted by molar-refractivity contribution is 7.89. The van der Waals surface area contributed by atoms with Crippen LogP contribution in [0.4, 0.5) is 0 Å². The zero-order valence-corrected chi connectivity index (χ0v) is 13.7. The summed E-state index contributed by atoms with van der Waals surface area (Å²) in [7, 11) is 0.120. The minimum atomic E-state index is -3.62. The van der Waals surface area contributed by atoms with Crippen molar-refractivity contribution in [1.29, 1.82) is 0 Å². The van der Waals surface area contributed by atoms with E-state index >= 15 is 0 Å². The minimum Gasteiger partial charge on any atom is -0.383 e. The van der Waals surface area contributed by atoms with Crippen LogP contribution in [0.25, 0.3) is 0 Å². The number of rotatable bonds is 9. The van der Waals surface area contributed by atoms with Crippen molar-refractivity contribution >= 4 is 10.0 Å². The molecule has 0 aliphatic carbocycles. The number of sulfonamides is 1.